The first-order valence-corrected chi connectivity index (χ1v) is 6.45. The van der Waals surface area contributed by atoms with E-state index in [2.05, 4.69) is 17.3 Å². The minimum absolute atomic E-state index is 0.00984. The lowest BCUT2D eigenvalue weighted by molar-refractivity contribution is 0.200. The molecule has 1 saturated heterocycles. The third kappa shape index (κ3) is 3.00. The van der Waals surface area contributed by atoms with E-state index >= 15 is 0 Å². The molecule has 1 unspecified atom stereocenters. The Balaban J connectivity index is 2.17. The number of hydrogen-bond donors (Lipinski definition) is 1. The molecule has 1 atom stereocenters. The molecule has 2 rings (SSSR count). The van der Waals surface area contributed by atoms with Gasteiger partial charge in [0.2, 0.25) is 0 Å². The number of likely N-dealkylation sites (N-methyl/N-ethyl adjacent to an activating group) is 1. The van der Waals surface area contributed by atoms with Gasteiger partial charge in [0, 0.05) is 25.7 Å². The molecule has 1 heterocycles. The van der Waals surface area contributed by atoms with Crippen molar-refractivity contribution < 1.29 is 9.13 Å². The number of benzene rings is 1. The zero-order valence-electron chi connectivity index (χ0n) is 11.2. The van der Waals surface area contributed by atoms with E-state index in [-0.39, 0.29) is 18.0 Å². The SMILES string of the molecule is CC(C)Oc1ccc(C2CNCCN2C)cc1F. The largest absolute Gasteiger partial charge is 0.488 e. The number of halogens is 1. The van der Waals surface area contributed by atoms with Crippen molar-refractivity contribution in [2.24, 2.45) is 0 Å². The molecule has 4 heteroatoms. The highest BCUT2D eigenvalue weighted by Crippen LogP contribution is 2.26. The maximum Gasteiger partial charge on any atom is 0.165 e. The van der Waals surface area contributed by atoms with E-state index in [4.69, 9.17) is 4.74 Å². The van der Waals surface area contributed by atoms with Crippen molar-refractivity contribution in [1.82, 2.24) is 10.2 Å². The molecular weight excluding hydrogens is 231 g/mol. The lowest BCUT2D eigenvalue weighted by Gasteiger charge is -2.33. The van der Waals surface area contributed by atoms with Crippen molar-refractivity contribution in [2.45, 2.75) is 26.0 Å². The summed E-state index contributed by atoms with van der Waals surface area (Å²) in [5.74, 6) is 0.0559. The Kier molecular flexibility index (Phi) is 4.19. The monoisotopic (exact) mass is 252 g/mol. The zero-order valence-corrected chi connectivity index (χ0v) is 11.2. The Bertz CT molecular complexity index is 409. The van der Waals surface area contributed by atoms with E-state index in [9.17, 15) is 4.39 Å². The number of rotatable bonds is 3. The average molecular weight is 252 g/mol. The maximum atomic E-state index is 13.9. The van der Waals surface area contributed by atoms with E-state index in [1.54, 1.807) is 12.1 Å². The normalized spacial score (nSPS) is 21.3. The van der Waals surface area contributed by atoms with Crippen LogP contribution in [0.2, 0.25) is 0 Å². The molecule has 0 saturated carbocycles. The fourth-order valence-corrected chi connectivity index (χ4v) is 2.25. The van der Waals surface area contributed by atoms with E-state index in [1.807, 2.05) is 19.9 Å². The first kappa shape index (κ1) is 13.3. The number of hydrogen-bond acceptors (Lipinski definition) is 3. The molecular formula is C14H21FN2O. The quantitative estimate of drug-likeness (QED) is 0.892. The molecule has 1 aliphatic rings. The molecule has 100 valence electrons. The molecule has 1 N–H and O–H groups in total. The van der Waals surface area contributed by atoms with Crippen LogP contribution in [-0.4, -0.2) is 37.7 Å². The molecule has 0 aromatic heterocycles. The molecule has 0 radical (unpaired) electrons. The average Bonchev–Trinajstić information content (AvgIpc) is 2.32. The summed E-state index contributed by atoms with van der Waals surface area (Å²) in [5.41, 5.74) is 0.998. The lowest BCUT2D eigenvalue weighted by atomic mass is 10.0. The maximum absolute atomic E-state index is 13.9. The summed E-state index contributed by atoms with van der Waals surface area (Å²) in [5, 5.41) is 3.33. The molecule has 0 spiro atoms. The Hall–Kier alpha value is -1.13. The van der Waals surface area contributed by atoms with Crippen LogP contribution in [0.4, 0.5) is 4.39 Å². The van der Waals surface area contributed by atoms with Crippen molar-refractivity contribution in [1.29, 1.82) is 0 Å². The Morgan fingerprint density at radius 1 is 1.44 bits per heavy atom. The van der Waals surface area contributed by atoms with E-state index in [0.717, 1.165) is 25.2 Å². The van der Waals surface area contributed by atoms with Crippen LogP contribution in [0.25, 0.3) is 0 Å². The smallest absolute Gasteiger partial charge is 0.165 e. The molecule has 0 amide bonds. The predicted molar refractivity (Wildman–Crippen MR) is 70.4 cm³/mol. The third-order valence-electron chi connectivity index (χ3n) is 3.21. The number of nitrogens with zero attached hydrogens (tertiary/aromatic N) is 1. The molecule has 1 fully saturated rings. The minimum Gasteiger partial charge on any atom is -0.488 e. The second-order valence-electron chi connectivity index (χ2n) is 5.06. The van der Waals surface area contributed by atoms with Crippen LogP contribution in [0.3, 0.4) is 0 Å². The summed E-state index contributed by atoms with van der Waals surface area (Å²) in [4.78, 5) is 2.24. The Morgan fingerprint density at radius 2 is 2.22 bits per heavy atom. The van der Waals surface area contributed by atoms with Gasteiger partial charge in [0.05, 0.1) is 6.10 Å². The van der Waals surface area contributed by atoms with Gasteiger partial charge in [0.1, 0.15) is 0 Å². The first-order chi connectivity index (χ1) is 8.58. The summed E-state index contributed by atoms with van der Waals surface area (Å²) in [6.07, 6.45) is -0.00984. The van der Waals surface area contributed by atoms with Crippen molar-refractivity contribution in [3.05, 3.63) is 29.6 Å². The number of piperazine rings is 1. The van der Waals surface area contributed by atoms with E-state index in [1.165, 1.54) is 0 Å². The second-order valence-corrected chi connectivity index (χ2v) is 5.06. The van der Waals surface area contributed by atoms with Crippen LogP contribution in [0.1, 0.15) is 25.5 Å². The van der Waals surface area contributed by atoms with Crippen LogP contribution in [0.5, 0.6) is 5.75 Å². The molecule has 0 aliphatic carbocycles. The van der Waals surface area contributed by atoms with Gasteiger partial charge in [0.25, 0.3) is 0 Å². The topological polar surface area (TPSA) is 24.5 Å². The van der Waals surface area contributed by atoms with Gasteiger partial charge in [-0.15, -0.1) is 0 Å². The lowest BCUT2D eigenvalue weighted by Crippen LogP contribution is -2.43. The van der Waals surface area contributed by atoms with Crippen LogP contribution in [0.15, 0.2) is 18.2 Å². The molecule has 0 bridgehead atoms. The summed E-state index contributed by atoms with van der Waals surface area (Å²) in [7, 11) is 2.07. The van der Waals surface area contributed by atoms with Crippen LogP contribution < -0.4 is 10.1 Å². The highest BCUT2D eigenvalue weighted by Gasteiger charge is 2.21. The molecule has 1 aromatic carbocycles. The highest BCUT2D eigenvalue weighted by molar-refractivity contribution is 5.31. The molecule has 3 nitrogen and oxygen atoms in total. The van der Waals surface area contributed by atoms with Crippen molar-refractivity contribution >= 4 is 0 Å². The van der Waals surface area contributed by atoms with Crippen LogP contribution >= 0.6 is 0 Å². The van der Waals surface area contributed by atoms with E-state index < -0.39 is 0 Å². The summed E-state index contributed by atoms with van der Waals surface area (Å²) in [6, 6.07) is 5.51. The summed E-state index contributed by atoms with van der Waals surface area (Å²) < 4.78 is 19.3. The third-order valence-corrected chi connectivity index (χ3v) is 3.21. The predicted octanol–water partition coefficient (Wildman–Crippen LogP) is 2.19. The summed E-state index contributed by atoms with van der Waals surface area (Å²) in [6.45, 7) is 6.62. The standard InChI is InChI=1S/C14H21FN2O/c1-10(2)18-14-5-4-11(8-12(14)15)13-9-16-6-7-17(13)3/h4-5,8,10,13,16H,6-7,9H2,1-3H3. The van der Waals surface area contributed by atoms with Gasteiger partial charge in [-0.3, -0.25) is 4.90 Å². The fraction of sp³-hybridized carbons (Fsp3) is 0.571. The van der Waals surface area contributed by atoms with Crippen LogP contribution in [-0.2, 0) is 0 Å². The fourth-order valence-electron chi connectivity index (χ4n) is 2.25. The molecule has 1 aromatic rings. The second kappa shape index (κ2) is 5.67. The first-order valence-electron chi connectivity index (χ1n) is 6.45. The Labute approximate surface area is 108 Å². The van der Waals surface area contributed by atoms with Gasteiger partial charge < -0.3 is 10.1 Å². The number of ether oxygens (including phenoxy) is 1. The number of nitrogens with one attached hydrogen (secondary N) is 1. The van der Waals surface area contributed by atoms with Crippen molar-refractivity contribution in [3.8, 4) is 5.75 Å². The van der Waals surface area contributed by atoms with Gasteiger partial charge in [-0.1, -0.05) is 6.07 Å². The Morgan fingerprint density at radius 3 is 2.83 bits per heavy atom. The highest BCUT2D eigenvalue weighted by atomic mass is 19.1. The van der Waals surface area contributed by atoms with E-state index in [0.29, 0.717) is 5.75 Å². The van der Waals surface area contributed by atoms with Crippen molar-refractivity contribution in [2.75, 3.05) is 26.7 Å². The van der Waals surface area contributed by atoms with Gasteiger partial charge >= 0.3 is 0 Å². The van der Waals surface area contributed by atoms with Gasteiger partial charge in [-0.2, -0.15) is 0 Å². The van der Waals surface area contributed by atoms with Crippen LogP contribution in [0, 0.1) is 5.82 Å². The van der Waals surface area contributed by atoms with Gasteiger partial charge in [0.15, 0.2) is 11.6 Å². The minimum atomic E-state index is -0.278. The van der Waals surface area contributed by atoms with Gasteiger partial charge in [-0.05, 0) is 38.6 Å². The molecule has 1 aliphatic heterocycles. The van der Waals surface area contributed by atoms with Gasteiger partial charge in [-0.25, -0.2) is 4.39 Å². The molecule has 18 heavy (non-hydrogen) atoms. The van der Waals surface area contributed by atoms with Crippen molar-refractivity contribution in [3.63, 3.8) is 0 Å². The summed E-state index contributed by atoms with van der Waals surface area (Å²) >= 11 is 0. The zero-order chi connectivity index (χ0) is 13.1.